The average molecular weight is 290 g/mol. The number of hydrogen-bond donors (Lipinski definition) is 2. The molecule has 1 aromatic rings. The summed E-state index contributed by atoms with van der Waals surface area (Å²) in [6, 6.07) is 1.76. The van der Waals surface area contributed by atoms with Gasteiger partial charge in [-0.05, 0) is 38.2 Å². The topological polar surface area (TPSA) is 80.4 Å². The van der Waals surface area contributed by atoms with E-state index in [0.717, 1.165) is 32.1 Å². The fraction of sp³-hybridized carbons (Fsp3) is 0.600. The van der Waals surface area contributed by atoms with Crippen molar-refractivity contribution in [1.29, 1.82) is 0 Å². The minimum absolute atomic E-state index is 0.0769. The number of nitrogens with one attached hydrogen (secondary N) is 1. The molecule has 2 amide bonds. The van der Waals surface area contributed by atoms with E-state index in [4.69, 9.17) is 5.73 Å². The summed E-state index contributed by atoms with van der Waals surface area (Å²) < 4.78 is 1.98. The van der Waals surface area contributed by atoms with E-state index in [1.165, 1.54) is 0 Å². The van der Waals surface area contributed by atoms with Crippen LogP contribution in [0.2, 0.25) is 0 Å². The molecular formula is C15H22N4O2. The molecule has 1 saturated heterocycles. The minimum Gasteiger partial charge on any atom is -0.397 e. The number of nitrogens with two attached hydrogens (primary N) is 1. The summed E-state index contributed by atoms with van der Waals surface area (Å²) >= 11 is 0. The van der Waals surface area contributed by atoms with Gasteiger partial charge in [-0.1, -0.05) is 0 Å². The number of rotatable bonds is 3. The quantitative estimate of drug-likeness (QED) is 0.876. The number of anilines is 1. The Bertz CT molecular complexity index is 562. The lowest BCUT2D eigenvalue weighted by molar-refractivity contribution is -0.126. The molecule has 0 bridgehead atoms. The van der Waals surface area contributed by atoms with Crippen LogP contribution < -0.4 is 11.1 Å². The van der Waals surface area contributed by atoms with Crippen molar-refractivity contribution >= 4 is 17.5 Å². The summed E-state index contributed by atoms with van der Waals surface area (Å²) in [5.74, 6) is -0.160. The second-order valence-corrected chi connectivity index (χ2v) is 5.92. The maximum atomic E-state index is 12.9. The highest BCUT2D eigenvalue weighted by atomic mass is 16.2. The second kappa shape index (κ2) is 5.42. The van der Waals surface area contributed by atoms with Gasteiger partial charge in [-0.15, -0.1) is 0 Å². The van der Waals surface area contributed by atoms with Gasteiger partial charge in [0, 0.05) is 25.8 Å². The number of amides is 2. The summed E-state index contributed by atoms with van der Waals surface area (Å²) in [6.07, 6.45) is 6.67. The summed E-state index contributed by atoms with van der Waals surface area (Å²) in [5, 5.41) is 2.66. The Morgan fingerprint density at radius 2 is 2.05 bits per heavy atom. The van der Waals surface area contributed by atoms with Crippen molar-refractivity contribution in [3.8, 4) is 0 Å². The van der Waals surface area contributed by atoms with E-state index >= 15 is 0 Å². The van der Waals surface area contributed by atoms with E-state index < -0.39 is 0 Å². The Hall–Kier alpha value is -1.98. The molecule has 6 heteroatoms. The maximum absolute atomic E-state index is 12.9. The van der Waals surface area contributed by atoms with Gasteiger partial charge in [0.15, 0.2) is 0 Å². The fourth-order valence-corrected chi connectivity index (χ4v) is 3.09. The highest BCUT2D eigenvalue weighted by molar-refractivity contribution is 5.97. The molecular weight excluding hydrogens is 268 g/mol. The molecule has 1 aliphatic heterocycles. The lowest BCUT2D eigenvalue weighted by Crippen LogP contribution is -2.51. The number of nitrogens with zero attached hydrogens (tertiary/aromatic N) is 2. The molecule has 1 aliphatic carbocycles. The van der Waals surface area contributed by atoms with Crippen molar-refractivity contribution in [2.75, 3.05) is 19.3 Å². The zero-order valence-corrected chi connectivity index (χ0v) is 12.3. The number of likely N-dealkylation sites (tertiary alicyclic amines) is 1. The summed E-state index contributed by atoms with van der Waals surface area (Å²) in [7, 11) is 1.62. The summed E-state index contributed by atoms with van der Waals surface area (Å²) in [4.78, 5) is 26.6. The van der Waals surface area contributed by atoms with Gasteiger partial charge in [-0.2, -0.15) is 0 Å². The molecule has 6 nitrogen and oxygen atoms in total. The molecule has 2 fully saturated rings. The largest absolute Gasteiger partial charge is 0.397 e. The van der Waals surface area contributed by atoms with Gasteiger partial charge in [0.2, 0.25) is 5.91 Å². The maximum Gasteiger partial charge on any atom is 0.271 e. The van der Waals surface area contributed by atoms with Crippen LogP contribution in [0.25, 0.3) is 0 Å². The zero-order chi connectivity index (χ0) is 15.0. The Labute approximate surface area is 124 Å². The molecule has 114 valence electrons. The Morgan fingerprint density at radius 1 is 1.29 bits per heavy atom. The van der Waals surface area contributed by atoms with Gasteiger partial charge in [0.1, 0.15) is 11.7 Å². The van der Waals surface area contributed by atoms with Crippen molar-refractivity contribution < 1.29 is 9.59 Å². The van der Waals surface area contributed by atoms with Crippen molar-refractivity contribution in [1.82, 2.24) is 14.8 Å². The van der Waals surface area contributed by atoms with Crippen LogP contribution in [0.5, 0.6) is 0 Å². The van der Waals surface area contributed by atoms with Crippen LogP contribution in [0.3, 0.4) is 0 Å². The van der Waals surface area contributed by atoms with Gasteiger partial charge in [-0.25, -0.2) is 0 Å². The number of likely N-dealkylation sites (N-methyl/N-ethyl adjacent to an activating group) is 1. The third-order valence-corrected chi connectivity index (χ3v) is 4.34. The Morgan fingerprint density at radius 3 is 2.71 bits per heavy atom. The first-order valence-electron chi connectivity index (χ1n) is 7.61. The normalized spacial score (nSPS) is 22.1. The minimum atomic E-state index is -0.361. The second-order valence-electron chi connectivity index (χ2n) is 5.92. The predicted molar refractivity (Wildman–Crippen MR) is 79.9 cm³/mol. The molecule has 2 aliphatic rings. The zero-order valence-electron chi connectivity index (χ0n) is 12.3. The van der Waals surface area contributed by atoms with Gasteiger partial charge in [0.25, 0.3) is 5.91 Å². The molecule has 2 heterocycles. The SMILES string of the molecule is CNC(=O)C1CCCCN1C(=O)c1cc(N)cn1C1CC1. The van der Waals surface area contributed by atoms with Crippen LogP contribution in [0.4, 0.5) is 5.69 Å². The van der Waals surface area contributed by atoms with Crippen LogP contribution in [0, 0.1) is 0 Å². The number of piperidine rings is 1. The van der Waals surface area contributed by atoms with E-state index in [0.29, 0.717) is 24.0 Å². The van der Waals surface area contributed by atoms with Crippen LogP contribution in [0.15, 0.2) is 12.3 Å². The van der Waals surface area contributed by atoms with Crippen molar-refractivity contribution in [3.63, 3.8) is 0 Å². The third kappa shape index (κ3) is 2.62. The molecule has 1 saturated carbocycles. The first-order chi connectivity index (χ1) is 10.1. The van der Waals surface area contributed by atoms with Crippen LogP contribution >= 0.6 is 0 Å². The first-order valence-corrected chi connectivity index (χ1v) is 7.61. The van der Waals surface area contributed by atoms with Gasteiger partial charge in [0.05, 0.1) is 5.69 Å². The lowest BCUT2D eigenvalue weighted by Gasteiger charge is -2.34. The molecule has 1 atom stereocenters. The van der Waals surface area contributed by atoms with E-state index in [-0.39, 0.29) is 17.9 Å². The summed E-state index contributed by atoms with van der Waals surface area (Å²) in [5.41, 5.74) is 7.09. The molecule has 0 spiro atoms. The Kier molecular flexibility index (Phi) is 3.61. The first kappa shape index (κ1) is 14.0. The standard InChI is InChI=1S/C15H22N4O2/c1-17-14(20)12-4-2-3-7-18(12)15(21)13-8-10(16)9-19(13)11-5-6-11/h8-9,11-12H,2-7,16H2,1H3,(H,17,20). The van der Waals surface area contributed by atoms with Crippen molar-refractivity contribution in [2.45, 2.75) is 44.2 Å². The monoisotopic (exact) mass is 290 g/mol. The average Bonchev–Trinajstić information content (AvgIpc) is 3.28. The smallest absolute Gasteiger partial charge is 0.271 e. The number of carbonyl (C=O) groups is 2. The highest BCUT2D eigenvalue weighted by Crippen LogP contribution is 2.37. The third-order valence-electron chi connectivity index (χ3n) is 4.34. The molecule has 1 unspecified atom stereocenters. The molecule has 3 N–H and O–H groups in total. The van der Waals surface area contributed by atoms with E-state index in [2.05, 4.69) is 5.32 Å². The number of nitrogen functional groups attached to an aromatic ring is 1. The molecule has 0 aromatic carbocycles. The fourth-order valence-electron chi connectivity index (χ4n) is 3.09. The van der Waals surface area contributed by atoms with Gasteiger partial charge < -0.3 is 20.5 Å². The van der Waals surface area contributed by atoms with E-state index in [9.17, 15) is 9.59 Å². The van der Waals surface area contributed by atoms with Crippen LogP contribution in [-0.2, 0) is 4.79 Å². The lowest BCUT2D eigenvalue weighted by atomic mass is 10.0. The summed E-state index contributed by atoms with van der Waals surface area (Å²) in [6.45, 7) is 0.632. The number of carbonyl (C=O) groups excluding carboxylic acids is 2. The number of hydrogen-bond acceptors (Lipinski definition) is 3. The Balaban J connectivity index is 1.87. The van der Waals surface area contributed by atoms with Crippen molar-refractivity contribution in [3.05, 3.63) is 18.0 Å². The number of aromatic nitrogens is 1. The van der Waals surface area contributed by atoms with E-state index in [1.54, 1.807) is 18.0 Å². The van der Waals surface area contributed by atoms with Crippen LogP contribution in [-0.4, -0.2) is 40.9 Å². The van der Waals surface area contributed by atoms with Crippen molar-refractivity contribution in [2.24, 2.45) is 0 Å². The molecule has 3 rings (SSSR count). The van der Waals surface area contributed by atoms with Crippen LogP contribution in [0.1, 0.15) is 48.6 Å². The molecule has 1 aromatic heterocycles. The highest BCUT2D eigenvalue weighted by Gasteiger charge is 2.35. The van der Waals surface area contributed by atoms with Gasteiger partial charge >= 0.3 is 0 Å². The van der Waals surface area contributed by atoms with E-state index in [1.807, 2.05) is 10.8 Å². The predicted octanol–water partition coefficient (Wildman–Crippen LogP) is 1.15. The molecule has 0 radical (unpaired) electrons. The van der Waals surface area contributed by atoms with Gasteiger partial charge in [-0.3, -0.25) is 9.59 Å². The molecule has 21 heavy (non-hydrogen) atoms.